The molecule has 0 radical (unpaired) electrons. The number of hydrogen-bond donors (Lipinski definition) is 0. The summed E-state index contributed by atoms with van der Waals surface area (Å²) >= 11 is 1.47. The molecule has 5 heteroatoms. The van der Waals surface area contributed by atoms with Crippen LogP contribution in [-0.2, 0) is 4.74 Å². The zero-order valence-corrected chi connectivity index (χ0v) is 15.4. The number of aromatic nitrogens is 1. The molecule has 1 aromatic heterocycles. The van der Waals surface area contributed by atoms with Crippen molar-refractivity contribution in [2.24, 2.45) is 0 Å². The number of carbonyl (C=O) groups excluding carboxylic acids is 1. The van der Waals surface area contributed by atoms with E-state index in [1.54, 1.807) is 0 Å². The van der Waals surface area contributed by atoms with E-state index in [1.807, 2.05) is 72.5 Å². The Morgan fingerprint density at radius 1 is 1.12 bits per heavy atom. The first-order chi connectivity index (χ1) is 12.7. The Labute approximate surface area is 157 Å². The van der Waals surface area contributed by atoms with Crippen LogP contribution in [0.1, 0.15) is 27.0 Å². The largest absolute Gasteiger partial charge is 0.370 e. The maximum Gasteiger partial charge on any atom is 0.266 e. The van der Waals surface area contributed by atoms with Gasteiger partial charge in [0.25, 0.3) is 5.91 Å². The van der Waals surface area contributed by atoms with Crippen molar-refractivity contribution in [3.63, 3.8) is 0 Å². The number of nitrogens with zero attached hydrogens (tertiary/aromatic N) is 2. The molecule has 1 aliphatic heterocycles. The molecule has 2 aromatic carbocycles. The summed E-state index contributed by atoms with van der Waals surface area (Å²) < 4.78 is 5.88. The van der Waals surface area contributed by atoms with Crippen molar-refractivity contribution in [1.82, 2.24) is 9.88 Å². The Morgan fingerprint density at radius 2 is 1.81 bits per heavy atom. The third-order valence-corrected chi connectivity index (χ3v) is 5.73. The molecule has 26 heavy (non-hydrogen) atoms. The number of hydrogen-bond acceptors (Lipinski definition) is 4. The summed E-state index contributed by atoms with van der Waals surface area (Å²) in [5.41, 5.74) is 2.95. The number of benzene rings is 2. The summed E-state index contributed by atoms with van der Waals surface area (Å²) in [5, 5.41) is 0.888. The van der Waals surface area contributed by atoms with Crippen molar-refractivity contribution in [2.45, 2.75) is 13.0 Å². The van der Waals surface area contributed by atoms with Gasteiger partial charge in [-0.2, -0.15) is 0 Å². The highest BCUT2D eigenvalue weighted by molar-refractivity contribution is 7.17. The van der Waals surface area contributed by atoms with Crippen LogP contribution in [0.4, 0.5) is 0 Å². The highest BCUT2D eigenvalue weighted by Crippen LogP contribution is 2.30. The molecule has 132 valence electrons. The van der Waals surface area contributed by atoms with Crippen LogP contribution in [0, 0.1) is 6.92 Å². The zero-order chi connectivity index (χ0) is 17.9. The Morgan fingerprint density at radius 3 is 2.54 bits per heavy atom. The normalized spacial score (nSPS) is 17.3. The third kappa shape index (κ3) is 3.41. The molecule has 0 bridgehead atoms. The lowest BCUT2D eigenvalue weighted by Crippen LogP contribution is -2.42. The lowest BCUT2D eigenvalue weighted by molar-refractivity contribution is -0.0226. The van der Waals surface area contributed by atoms with Gasteiger partial charge in [0, 0.05) is 12.1 Å². The molecule has 1 atom stereocenters. The first-order valence-electron chi connectivity index (χ1n) is 8.71. The monoisotopic (exact) mass is 364 g/mol. The van der Waals surface area contributed by atoms with Gasteiger partial charge in [-0.1, -0.05) is 60.7 Å². The molecule has 1 aliphatic rings. The van der Waals surface area contributed by atoms with Gasteiger partial charge in [0.05, 0.1) is 18.8 Å². The molecule has 0 saturated carbocycles. The second kappa shape index (κ2) is 7.40. The van der Waals surface area contributed by atoms with Crippen LogP contribution in [0.3, 0.4) is 0 Å². The number of rotatable bonds is 3. The predicted molar refractivity (Wildman–Crippen MR) is 103 cm³/mol. The van der Waals surface area contributed by atoms with Crippen LogP contribution in [0.25, 0.3) is 10.6 Å². The number of morpholine rings is 1. The highest BCUT2D eigenvalue weighted by Gasteiger charge is 2.28. The number of aryl methyl sites for hydroxylation is 1. The molecule has 4 nitrogen and oxygen atoms in total. The molecule has 0 aliphatic carbocycles. The number of ether oxygens (including phenoxy) is 1. The summed E-state index contributed by atoms with van der Waals surface area (Å²) in [6, 6.07) is 20.1. The predicted octanol–water partition coefficient (Wildman–Crippen LogP) is 4.33. The topological polar surface area (TPSA) is 42.4 Å². The first kappa shape index (κ1) is 16.9. The van der Waals surface area contributed by atoms with E-state index in [0.29, 0.717) is 19.7 Å². The summed E-state index contributed by atoms with van der Waals surface area (Å²) in [4.78, 5) is 20.3. The second-order valence-corrected chi connectivity index (χ2v) is 7.32. The Bertz CT molecular complexity index is 893. The zero-order valence-electron chi connectivity index (χ0n) is 14.6. The second-order valence-electron chi connectivity index (χ2n) is 6.32. The molecule has 3 aromatic rings. The maximum atomic E-state index is 13.1. The van der Waals surface area contributed by atoms with E-state index in [-0.39, 0.29) is 12.0 Å². The van der Waals surface area contributed by atoms with Gasteiger partial charge < -0.3 is 9.64 Å². The van der Waals surface area contributed by atoms with E-state index in [4.69, 9.17) is 4.74 Å². The fraction of sp³-hybridized carbons (Fsp3) is 0.238. The van der Waals surface area contributed by atoms with Gasteiger partial charge in [0.1, 0.15) is 16.0 Å². The van der Waals surface area contributed by atoms with Gasteiger partial charge >= 0.3 is 0 Å². The molecule has 0 N–H and O–H groups in total. The lowest BCUT2D eigenvalue weighted by Gasteiger charge is -2.33. The van der Waals surface area contributed by atoms with E-state index in [0.717, 1.165) is 26.7 Å². The van der Waals surface area contributed by atoms with Crippen LogP contribution < -0.4 is 0 Å². The van der Waals surface area contributed by atoms with Gasteiger partial charge in [0.2, 0.25) is 0 Å². The van der Waals surface area contributed by atoms with Crippen molar-refractivity contribution in [2.75, 3.05) is 19.7 Å². The van der Waals surface area contributed by atoms with Crippen LogP contribution in [0.2, 0.25) is 0 Å². The maximum absolute atomic E-state index is 13.1. The standard InChI is InChI=1S/C21H20N2O2S/c1-15-19(26-20(22-15)17-10-6-3-7-11-17)21(24)23-12-13-25-18(14-23)16-8-4-2-5-9-16/h2-11,18H,12-14H2,1H3/t18-/m0/s1. The molecular formula is C21H20N2O2S. The van der Waals surface area contributed by atoms with Crippen molar-refractivity contribution < 1.29 is 9.53 Å². The molecule has 1 fully saturated rings. The highest BCUT2D eigenvalue weighted by atomic mass is 32.1. The fourth-order valence-electron chi connectivity index (χ4n) is 3.15. The molecule has 4 rings (SSSR count). The van der Waals surface area contributed by atoms with Gasteiger partial charge in [0.15, 0.2) is 0 Å². The minimum atomic E-state index is -0.0734. The van der Waals surface area contributed by atoms with Crippen molar-refractivity contribution in [3.8, 4) is 10.6 Å². The number of thiazole rings is 1. The van der Waals surface area contributed by atoms with Crippen molar-refractivity contribution >= 4 is 17.2 Å². The van der Waals surface area contributed by atoms with E-state index in [2.05, 4.69) is 4.98 Å². The summed E-state index contributed by atoms with van der Waals surface area (Å²) in [7, 11) is 0. The molecular weight excluding hydrogens is 344 g/mol. The Kier molecular flexibility index (Phi) is 4.82. The van der Waals surface area contributed by atoms with Crippen molar-refractivity contribution in [3.05, 3.63) is 76.8 Å². The number of carbonyl (C=O) groups is 1. The summed E-state index contributed by atoms with van der Waals surface area (Å²) in [6.07, 6.45) is -0.0734. The quantitative estimate of drug-likeness (QED) is 0.695. The Hall–Kier alpha value is -2.50. The van der Waals surface area contributed by atoms with Crippen LogP contribution >= 0.6 is 11.3 Å². The summed E-state index contributed by atoms with van der Waals surface area (Å²) in [6.45, 7) is 3.64. The summed E-state index contributed by atoms with van der Waals surface area (Å²) in [5.74, 6) is 0.0476. The van der Waals surface area contributed by atoms with Crippen LogP contribution in [0.15, 0.2) is 60.7 Å². The molecule has 0 spiro atoms. The molecule has 0 unspecified atom stereocenters. The Balaban J connectivity index is 1.55. The SMILES string of the molecule is Cc1nc(-c2ccccc2)sc1C(=O)N1CCO[C@H](c2ccccc2)C1. The lowest BCUT2D eigenvalue weighted by atomic mass is 10.1. The fourth-order valence-corrected chi connectivity index (χ4v) is 4.19. The molecule has 1 amide bonds. The van der Waals surface area contributed by atoms with E-state index in [9.17, 15) is 4.79 Å². The average Bonchev–Trinajstić information content (AvgIpc) is 3.10. The minimum absolute atomic E-state index is 0.0476. The van der Waals surface area contributed by atoms with Crippen molar-refractivity contribution in [1.29, 1.82) is 0 Å². The van der Waals surface area contributed by atoms with Gasteiger partial charge in [-0.15, -0.1) is 11.3 Å². The van der Waals surface area contributed by atoms with Gasteiger partial charge in [-0.25, -0.2) is 4.98 Å². The smallest absolute Gasteiger partial charge is 0.266 e. The van der Waals surface area contributed by atoms with Crippen LogP contribution in [-0.4, -0.2) is 35.5 Å². The van der Waals surface area contributed by atoms with Gasteiger partial charge in [-0.05, 0) is 12.5 Å². The number of amides is 1. The third-order valence-electron chi connectivity index (χ3n) is 4.54. The van der Waals surface area contributed by atoms with E-state index < -0.39 is 0 Å². The molecule has 2 heterocycles. The first-order valence-corrected chi connectivity index (χ1v) is 9.52. The molecule has 1 saturated heterocycles. The van der Waals surface area contributed by atoms with E-state index >= 15 is 0 Å². The average molecular weight is 364 g/mol. The minimum Gasteiger partial charge on any atom is -0.370 e. The van der Waals surface area contributed by atoms with Gasteiger partial charge in [-0.3, -0.25) is 4.79 Å². The van der Waals surface area contributed by atoms with Crippen LogP contribution in [0.5, 0.6) is 0 Å². The van der Waals surface area contributed by atoms with E-state index in [1.165, 1.54) is 11.3 Å².